The molecule has 0 aliphatic heterocycles. The van der Waals surface area contributed by atoms with Gasteiger partial charge in [-0.05, 0) is 18.6 Å². The maximum Gasteiger partial charge on any atom is 0.326 e. The Balaban J connectivity index is 2.76. The number of hydrogen-bond donors (Lipinski definition) is 2. The van der Waals surface area contributed by atoms with Crippen LogP contribution >= 0.6 is 11.3 Å². The van der Waals surface area contributed by atoms with Crippen molar-refractivity contribution in [2.24, 2.45) is 0 Å². The summed E-state index contributed by atoms with van der Waals surface area (Å²) in [5.74, 6) is -1.61. The highest BCUT2D eigenvalue weighted by Gasteiger charge is 2.21. The van der Waals surface area contributed by atoms with Crippen molar-refractivity contribution in [3.05, 3.63) is 21.9 Å². The van der Waals surface area contributed by atoms with E-state index in [4.69, 9.17) is 5.11 Å². The number of sulfone groups is 1. The van der Waals surface area contributed by atoms with Gasteiger partial charge in [0.25, 0.3) is 5.91 Å². The largest absolute Gasteiger partial charge is 0.480 e. The van der Waals surface area contributed by atoms with Gasteiger partial charge in [-0.3, -0.25) is 4.79 Å². The van der Waals surface area contributed by atoms with E-state index in [1.807, 2.05) is 6.92 Å². The summed E-state index contributed by atoms with van der Waals surface area (Å²) in [6.07, 6.45) is 0.991. The monoisotopic (exact) mass is 333 g/mol. The first kappa shape index (κ1) is 17.6. The fourth-order valence-electron chi connectivity index (χ4n) is 1.67. The van der Waals surface area contributed by atoms with Crippen molar-refractivity contribution in [2.75, 3.05) is 5.75 Å². The maximum absolute atomic E-state index is 12.0. The fourth-order valence-corrected chi connectivity index (χ4v) is 3.89. The summed E-state index contributed by atoms with van der Waals surface area (Å²) in [5.41, 5.74) is 0. The molecule has 21 heavy (non-hydrogen) atoms. The Hall–Kier alpha value is -1.41. The van der Waals surface area contributed by atoms with Gasteiger partial charge in [-0.2, -0.15) is 0 Å². The van der Waals surface area contributed by atoms with Crippen molar-refractivity contribution < 1.29 is 23.1 Å². The normalized spacial score (nSPS) is 12.9. The van der Waals surface area contributed by atoms with Crippen LogP contribution in [-0.4, -0.2) is 37.2 Å². The second-order valence-electron chi connectivity index (χ2n) is 4.60. The van der Waals surface area contributed by atoms with E-state index in [-0.39, 0.29) is 11.5 Å². The third kappa shape index (κ3) is 5.47. The van der Waals surface area contributed by atoms with Crippen LogP contribution in [0.4, 0.5) is 0 Å². The third-order valence-corrected chi connectivity index (χ3v) is 5.77. The van der Waals surface area contributed by atoms with Crippen molar-refractivity contribution in [3.63, 3.8) is 0 Å². The van der Waals surface area contributed by atoms with Gasteiger partial charge in [-0.1, -0.05) is 20.3 Å². The second kappa shape index (κ2) is 7.56. The van der Waals surface area contributed by atoms with Crippen LogP contribution in [0.25, 0.3) is 0 Å². The summed E-state index contributed by atoms with van der Waals surface area (Å²) in [6, 6.07) is 2.18. The highest BCUT2D eigenvalue weighted by Crippen LogP contribution is 2.19. The number of amides is 1. The highest BCUT2D eigenvalue weighted by atomic mass is 32.2. The predicted molar refractivity (Wildman–Crippen MR) is 81.3 cm³/mol. The molecule has 0 fully saturated rings. The molecule has 0 radical (unpaired) electrons. The van der Waals surface area contributed by atoms with Gasteiger partial charge in [-0.25, -0.2) is 13.2 Å². The van der Waals surface area contributed by atoms with E-state index in [9.17, 15) is 18.0 Å². The lowest BCUT2D eigenvalue weighted by molar-refractivity contribution is -0.139. The van der Waals surface area contributed by atoms with E-state index < -0.39 is 27.8 Å². The van der Waals surface area contributed by atoms with Crippen molar-refractivity contribution in [2.45, 2.75) is 38.5 Å². The van der Waals surface area contributed by atoms with Crippen LogP contribution in [0.3, 0.4) is 0 Å². The standard InChI is InChI=1S/C13H19NO5S2/c1-3-5-10(13(16)17)14-12(15)11-7-6-9(20-11)8-21(18,19)4-2/h6-7,10H,3-5,8H2,1-2H3,(H,14,15)(H,16,17). The number of thiophene rings is 1. The number of carboxylic acid groups (broad SMARTS) is 1. The number of nitrogens with one attached hydrogen (secondary N) is 1. The van der Waals surface area contributed by atoms with Crippen LogP contribution in [0.15, 0.2) is 12.1 Å². The van der Waals surface area contributed by atoms with Crippen LogP contribution < -0.4 is 5.32 Å². The van der Waals surface area contributed by atoms with Gasteiger partial charge in [0.15, 0.2) is 9.84 Å². The van der Waals surface area contributed by atoms with Crippen LogP contribution in [0.2, 0.25) is 0 Å². The van der Waals surface area contributed by atoms with Crippen LogP contribution in [0.1, 0.15) is 41.2 Å². The minimum Gasteiger partial charge on any atom is -0.480 e. The summed E-state index contributed by atoms with van der Waals surface area (Å²) in [4.78, 5) is 23.9. The van der Waals surface area contributed by atoms with Crippen LogP contribution in [0.5, 0.6) is 0 Å². The summed E-state index contributed by atoms with van der Waals surface area (Å²) in [7, 11) is -3.15. The molecule has 6 nitrogen and oxygen atoms in total. The topological polar surface area (TPSA) is 101 Å². The van der Waals surface area contributed by atoms with Crippen LogP contribution in [-0.2, 0) is 20.4 Å². The van der Waals surface area contributed by atoms with Crippen LogP contribution in [0, 0.1) is 0 Å². The summed E-state index contributed by atoms with van der Waals surface area (Å²) in [5, 5.41) is 11.4. The molecular formula is C13H19NO5S2. The zero-order valence-electron chi connectivity index (χ0n) is 12.0. The molecule has 0 saturated carbocycles. The molecule has 1 unspecified atom stereocenters. The number of carbonyl (C=O) groups is 2. The lowest BCUT2D eigenvalue weighted by Gasteiger charge is -2.12. The average molecular weight is 333 g/mol. The first-order chi connectivity index (χ1) is 9.79. The zero-order valence-corrected chi connectivity index (χ0v) is 13.6. The van der Waals surface area contributed by atoms with Gasteiger partial charge < -0.3 is 10.4 Å². The molecule has 0 aromatic carbocycles. The van der Waals surface area contributed by atoms with E-state index >= 15 is 0 Å². The predicted octanol–water partition coefficient (Wildman–Crippen LogP) is 1.67. The van der Waals surface area contributed by atoms with Gasteiger partial charge in [0.1, 0.15) is 6.04 Å². The first-order valence-corrected chi connectivity index (χ1v) is 9.25. The molecule has 1 amide bonds. The van der Waals surface area contributed by atoms with Crippen molar-refractivity contribution in [3.8, 4) is 0 Å². The Bertz CT molecular complexity index is 606. The van der Waals surface area contributed by atoms with E-state index in [0.29, 0.717) is 22.6 Å². The average Bonchev–Trinajstić information content (AvgIpc) is 2.85. The van der Waals surface area contributed by atoms with Crippen molar-refractivity contribution in [1.82, 2.24) is 5.32 Å². The number of carboxylic acids is 1. The van der Waals surface area contributed by atoms with E-state index in [2.05, 4.69) is 5.32 Å². The molecule has 1 heterocycles. The van der Waals surface area contributed by atoms with Gasteiger partial charge in [0, 0.05) is 10.6 Å². The zero-order chi connectivity index (χ0) is 16.0. The maximum atomic E-state index is 12.0. The van der Waals surface area contributed by atoms with E-state index in [1.54, 1.807) is 13.0 Å². The van der Waals surface area contributed by atoms with Gasteiger partial charge in [-0.15, -0.1) is 11.3 Å². The van der Waals surface area contributed by atoms with Gasteiger partial charge >= 0.3 is 5.97 Å². The molecular weight excluding hydrogens is 314 g/mol. The lowest BCUT2D eigenvalue weighted by atomic mass is 10.1. The molecule has 1 rings (SSSR count). The quantitative estimate of drug-likeness (QED) is 0.753. The smallest absolute Gasteiger partial charge is 0.326 e. The molecule has 0 spiro atoms. The molecule has 1 atom stereocenters. The lowest BCUT2D eigenvalue weighted by Crippen LogP contribution is -2.40. The molecule has 0 saturated heterocycles. The fraction of sp³-hybridized carbons (Fsp3) is 0.538. The minimum absolute atomic E-state index is 0.0457. The molecule has 1 aromatic rings. The third-order valence-electron chi connectivity index (χ3n) is 2.87. The minimum atomic E-state index is -3.15. The highest BCUT2D eigenvalue weighted by molar-refractivity contribution is 7.90. The Morgan fingerprint density at radius 3 is 2.52 bits per heavy atom. The Morgan fingerprint density at radius 1 is 1.33 bits per heavy atom. The second-order valence-corrected chi connectivity index (χ2v) is 8.12. The molecule has 0 aliphatic carbocycles. The molecule has 0 aliphatic rings. The Kier molecular flexibility index (Phi) is 6.35. The van der Waals surface area contributed by atoms with Gasteiger partial charge in [0.05, 0.1) is 10.6 Å². The van der Waals surface area contributed by atoms with E-state index in [1.165, 1.54) is 6.07 Å². The van der Waals surface area contributed by atoms with Gasteiger partial charge in [0.2, 0.25) is 0 Å². The van der Waals surface area contributed by atoms with Crippen molar-refractivity contribution in [1.29, 1.82) is 0 Å². The molecule has 2 N–H and O–H groups in total. The summed E-state index contributed by atoms with van der Waals surface area (Å²) < 4.78 is 23.1. The number of hydrogen-bond acceptors (Lipinski definition) is 5. The summed E-state index contributed by atoms with van der Waals surface area (Å²) in [6.45, 7) is 3.40. The SMILES string of the molecule is CCCC(NC(=O)c1ccc(CS(=O)(=O)CC)s1)C(=O)O. The molecule has 1 aromatic heterocycles. The van der Waals surface area contributed by atoms with E-state index in [0.717, 1.165) is 11.3 Å². The molecule has 8 heteroatoms. The number of carbonyl (C=O) groups excluding carboxylic acids is 1. The number of aliphatic carboxylic acids is 1. The molecule has 118 valence electrons. The van der Waals surface area contributed by atoms with Crippen molar-refractivity contribution >= 4 is 33.1 Å². The summed E-state index contributed by atoms with van der Waals surface area (Å²) >= 11 is 1.07. The Morgan fingerprint density at radius 2 is 2.00 bits per heavy atom. The Labute approximate surface area is 128 Å². The molecule has 0 bridgehead atoms. The number of rotatable bonds is 8. The first-order valence-electron chi connectivity index (χ1n) is 6.61.